The minimum Gasteiger partial charge on any atom is -0.744 e. The Labute approximate surface area is 215 Å². The van der Waals surface area contributed by atoms with Crippen molar-refractivity contribution in [3.63, 3.8) is 0 Å². The molecule has 1 heterocycles. The van der Waals surface area contributed by atoms with Gasteiger partial charge in [0.15, 0.2) is 0 Å². The van der Waals surface area contributed by atoms with E-state index in [2.05, 4.69) is 4.98 Å². The molecule has 0 N–H and O–H groups in total. The monoisotopic (exact) mass is 466 g/mol. The zero-order valence-electron chi connectivity index (χ0n) is 15.2. The Bertz CT molecular complexity index is 1310. The Hall–Kier alpha value is -0.620. The first kappa shape index (κ1) is 26.4. The molecule has 0 aliphatic heterocycles. The molecule has 13 heteroatoms. The van der Waals surface area contributed by atoms with Crippen molar-refractivity contribution in [2.75, 3.05) is 0 Å². The first-order valence-electron chi connectivity index (χ1n) is 7.13. The summed E-state index contributed by atoms with van der Waals surface area (Å²) >= 11 is 1.19. The zero-order valence-corrected chi connectivity index (χ0v) is 21.6. The average Bonchev–Trinajstić information content (AvgIpc) is 3.01. The summed E-state index contributed by atoms with van der Waals surface area (Å²) in [7, 11) is -10.1. The first-order chi connectivity index (χ1) is 12.6. The molecular formula is C16H8N2Na2O6S3. The third kappa shape index (κ3) is 6.19. The number of hydrogen-bond donors (Lipinski definition) is 0. The molecule has 8 nitrogen and oxygen atoms in total. The van der Waals surface area contributed by atoms with Gasteiger partial charge in [0.05, 0.1) is 25.6 Å². The second kappa shape index (κ2) is 10.1. The van der Waals surface area contributed by atoms with Gasteiger partial charge in [0.1, 0.15) is 31.3 Å². The van der Waals surface area contributed by atoms with Crippen molar-refractivity contribution in [2.24, 2.45) is 0 Å². The molecule has 0 saturated heterocycles. The number of para-hydroxylation sites is 1. The molecule has 3 rings (SSSR count). The summed E-state index contributed by atoms with van der Waals surface area (Å²) in [5, 5.41) is 9.72. The van der Waals surface area contributed by atoms with E-state index in [0.717, 1.165) is 22.9 Å². The molecule has 0 radical (unpaired) electrons. The molecule has 0 spiro atoms. The number of rotatable bonds is 4. The molecule has 1 aromatic heterocycles. The fraction of sp³-hybridized carbons (Fsp3) is 0. The molecule has 29 heavy (non-hydrogen) atoms. The number of allylic oxidation sites excluding steroid dienone is 1. The number of nitrogens with zero attached hydrogens (tertiary/aromatic N) is 2. The van der Waals surface area contributed by atoms with Crippen molar-refractivity contribution in [1.82, 2.24) is 4.98 Å². The molecule has 0 bridgehead atoms. The number of aromatic nitrogens is 1. The Balaban J connectivity index is 0.00000210. The van der Waals surface area contributed by atoms with Crippen molar-refractivity contribution in [3.8, 4) is 6.07 Å². The second-order valence-corrected chi connectivity index (χ2v) is 9.02. The van der Waals surface area contributed by atoms with Crippen molar-refractivity contribution in [3.05, 3.63) is 53.0 Å². The second-order valence-electron chi connectivity index (χ2n) is 5.26. The summed E-state index contributed by atoms with van der Waals surface area (Å²) in [4.78, 5) is 2.52. The van der Waals surface area contributed by atoms with E-state index in [-0.39, 0.29) is 70.3 Å². The number of benzene rings is 2. The van der Waals surface area contributed by atoms with Crippen LogP contribution in [0.4, 0.5) is 0 Å². The maximum atomic E-state index is 11.5. The number of fused-ring (bicyclic) bond motifs is 1. The Morgan fingerprint density at radius 3 is 2.24 bits per heavy atom. The predicted octanol–water partition coefficient (Wildman–Crippen LogP) is -3.82. The first-order valence-corrected chi connectivity index (χ1v) is 10.8. The van der Waals surface area contributed by atoms with Gasteiger partial charge in [0.2, 0.25) is 0 Å². The molecule has 0 aliphatic carbocycles. The van der Waals surface area contributed by atoms with Crippen LogP contribution >= 0.6 is 11.3 Å². The van der Waals surface area contributed by atoms with Gasteiger partial charge in [0.25, 0.3) is 0 Å². The van der Waals surface area contributed by atoms with Gasteiger partial charge in [-0.2, -0.15) is 5.26 Å². The van der Waals surface area contributed by atoms with Gasteiger partial charge in [-0.3, -0.25) is 0 Å². The van der Waals surface area contributed by atoms with E-state index >= 15 is 0 Å². The van der Waals surface area contributed by atoms with E-state index in [0.29, 0.717) is 16.6 Å². The summed E-state index contributed by atoms with van der Waals surface area (Å²) in [6.45, 7) is 0. The van der Waals surface area contributed by atoms with Gasteiger partial charge in [-0.05, 0) is 35.9 Å². The van der Waals surface area contributed by atoms with E-state index in [1.165, 1.54) is 11.3 Å². The van der Waals surface area contributed by atoms with E-state index in [1.807, 2.05) is 6.07 Å². The van der Waals surface area contributed by atoms with Crippen LogP contribution < -0.4 is 59.1 Å². The van der Waals surface area contributed by atoms with Crippen LogP contribution in [-0.4, -0.2) is 30.9 Å². The van der Waals surface area contributed by atoms with Crippen molar-refractivity contribution < 1.29 is 85.1 Å². The quantitative estimate of drug-likeness (QED) is 0.216. The largest absolute Gasteiger partial charge is 1.00 e. The molecule has 0 amide bonds. The van der Waals surface area contributed by atoms with E-state index in [1.54, 1.807) is 24.3 Å². The Morgan fingerprint density at radius 1 is 1.03 bits per heavy atom. The number of thiazole rings is 1. The SMILES string of the molecule is N#C/C(=C/c1ccc(S(=O)(=O)[O-])cc1S(=O)(=O)[O-])c1nc2ccccc2s1.[Na+].[Na+]. The summed E-state index contributed by atoms with van der Waals surface area (Å²) in [5.41, 5.74) is 0.412. The third-order valence-electron chi connectivity index (χ3n) is 3.49. The van der Waals surface area contributed by atoms with E-state index < -0.39 is 30.0 Å². The van der Waals surface area contributed by atoms with Crippen LogP contribution in [0.15, 0.2) is 52.3 Å². The topological polar surface area (TPSA) is 151 Å². The standard InChI is InChI=1S/C16H10N2O6S3.2Na/c17-9-11(16-18-13-3-1-2-4-14(13)25-16)7-10-5-6-12(26(19,20)21)8-15(10)27(22,23)24;;/h1-8H,(H,19,20,21)(H,22,23,24);;/q;2*+1/p-2/b11-7-;;. The number of nitriles is 1. The molecule has 3 aromatic rings. The van der Waals surface area contributed by atoms with Gasteiger partial charge >= 0.3 is 59.1 Å². The fourth-order valence-corrected chi connectivity index (χ4v) is 4.48. The molecule has 0 saturated carbocycles. The van der Waals surface area contributed by atoms with Crippen LogP contribution in [0.2, 0.25) is 0 Å². The predicted molar refractivity (Wildman–Crippen MR) is 95.5 cm³/mol. The molecule has 0 atom stereocenters. The van der Waals surface area contributed by atoms with E-state index in [9.17, 15) is 31.2 Å². The van der Waals surface area contributed by atoms with Gasteiger partial charge < -0.3 is 9.11 Å². The Morgan fingerprint density at radius 2 is 1.69 bits per heavy atom. The van der Waals surface area contributed by atoms with Crippen LogP contribution in [0.1, 0.15) is 10.6 Å². The minimum atomic E-state index is -5.10. The number of hydrogen-bond acceptors (Lipinski definition) is 9. The maximum absolute atomic E-state index is 11.5. The summed E-state index contributed by atoms with van der Waals surface area (Å²) in [6.07, 6.45) is 1.11. The van der Waals surface area contributed by atoms with Crippen LogP contribution in [-0.2, 0) is 20.2 Å². The molecule has 0 unspecified atom stereocenters. The zero-order chi connectivity index (χ0) is 19.8. The molecule has 138 valence electrons. The van der Waals surface area contributed by atoms with Crippen molar-refractivity contribution >= 4 is 53.4 Å². The van der Waals surface area contributed by atoms with E-state index in [4.69, 9.17) is 0 Å². The average molecular weight is 466 g/mol. The normalized spacial score (nSPS) is 12.0. The van der Waals surface area contributed by atoms with Crippen molar-refractivity contribution in [1.29, 1.82) is 5.26 Å². The fourth-order valence-electron chi connectivity index (χ4n) is 2.29. The molecule has 0 aliphatic rings. The smallest absolute Gasteiger partial charge is 0.744 e. The minimum absolute atomic E-state index is 0. The summed E-state index contributed by atoms with van der Waals surface area (Å²) in [6, 6.07) is 11.3. The third-order valence-corrected chi connectivity index (χ3v) is 6.28. The summed E-state index contributed by atoms with van der Waals surface area (Å²) in [5.74, 6) is 0. The summed E-state index contributed by atoms with van der Waals surface area (Å²) < 4.78 is 68.6. The van der Waals surface area contributed by atoms with Gasteiger partial charge in [-0.1, -0.05) is 18.2 Å². The molecule has 2 aromatic carbocycles. The van der Waals surface area contributed by atoms with Crippen molar-refractivity contribution in [2.45, 2.75) is 9.79 Å². The maximum Gasteiger partial charge on any atom is 1.00 e. The van der Waals surface area contributed by atoms with Gasteiger partial charge in [-0.15, -0.1) is 11.3 Å². The van der Waals surface area contributed by atoms with Crippen LogP contribution in [0.3, 0.4) is 0 Å². The van der Waals surface area contributed by atoms with Crippen LogP contribution in [0, 0.1) is 11.3 Å². The molecule has 0 fully saturated rings. The van der Waals surface area contributed by atoms with Crippen LogP contribution in [0.5, 0.6) is 0 Å². The van der Waals surface area contributed by atoms with Gasteiger partial charge in [-0.25, -0.2) is 21.8 Å². The van der Waals surface area contributed by atoms with Gasteiger partial charge in [0, 0.05) is 0 Å². The molecular weight excluding hydrogens is 458 g/mol. The Kier molecular flexibility index (Phi) is 9.22. The van der Waals surface area contributed by atoms with Crippen LogP contribution in [0.25, 0.3) is 21.9 Å².